The van der Waals surface area contributed by atoms with Gasteiger partial charge in [0.2, 0.25) is 5.91 Å². The topological polar surface area (TPSA) is 84.5 Å². The molecule has 1 saturated carbocycles. The van der Waals surface area contributed by atoms with E-state index >= 15 is 0 Å². The number of amides is 2. The van der Waals surface area contributed by atoms with Crippen LogP contribution in [-0.4, -0.2) is 30.4 Å². The van der Waals surface area contributed by atoms with Gasteiger partial charge < -0.3 is 15.4 Å². The van der Waals surface area contributed by atoms with Crippen molar-refractivity contribution in [1.29, 1.82) is 0 Å². The fourth-order valence-corrected chi connectivity index (χ4v) is 3.29. The van der Waals surface area contributed by atoms with Crippen LogP contribution < -0.4 is 10.6 Å². The van der Waals surface area contributed by atoms with E-state index in [0.29, 0.717) is 5.69 Å². The Morgan fingerprint density at radius 3 is 2.32 bits per heavy atom. The molecule has 2 aromatic carbocycles. The zero-order valence-corrected chi connectivity index (χ0v) is 15.6. The number of benzene rings is 2. The summed E-state index contributed by atoms with van der Waals surface area (Å²) >= 11 is 0. The number of rotatable bonds is 7. The second-order valence-corrected chi connectivity index (χ2v) is 6.88. The van der Waals surface area contributed by atoms with E-state index < -0.39 is 5.97 Å². The normalized spacial score (nSPS) is 13.7. The summed E-state index contributed by atoms with van der Waals surface area (Å²) in [5.41, 5.74) is 1.46. The van der Waals surface area contributed by atoms with Crippen LogP contribution in [0.2, 0.25) is 0 Å². The molecule has 3 rings (SSSR count). The maximum atomic E-state index is 12.4. The highest BCUT2D eigenvalue weighted by atomic mass is 16.5. The molecule has 1 aliphatic carbocycles. The zero-order valence-electron chi connectivity index (χ0n) is 15.6. The Morgan fingerprint density at radius 1 is 0.893 bits per heavy atom. The molecule has 1 fully saturated rings. The molecule has 2 N–H and O–H groups in total. The fourth-order valence-electron chi connectivity index (χ4n) is 3.29. The lowest BCUT2D eigenvalue weighted by atomic mass is 10.1. The Morgan fingerprint density at radius 2 is 1.57 bits per heavy atom. The molecular formula is C22H24N2O4. The molecule has 146 valence electrons. The summed E-state index contributed by atoms with van der Waals surface area (Å²) in [5.74, 6) is -1.17. The second kappa shape index (κ2) is 9.69. The van der Waals surface area contributed by atoms with Crippen LogP contribution in [0.15, 0.2) is 54.6 Å². The molecule has 0 heterocycles. The van der Waals surface area contributed by atoms with E-state index in [1.165, 1.54) is 0 Å². The van der Waals surface area contributed by atoms with Crippen molar-refractivity contribution in [2.45, 2.75) is 38.1 Å². The number of hydrogen-bond donors (Lipinski definition) is 2. The predicted molar refractivity (Wildman–Crippen MR) is 106 cm³/mol. The molecule has 1 aliphatic rings. The van der Waals surface area contributed by atoms with Crippen LogP contribution in [0.25, 0.3) is 0 Å². The summed E-state index contributed by atoms with van der Waals surface area (Å²) < 4.78 is 5.14. The van der Waals surface area contributed by atoms with Crippen molar-refractivity contribution in [2.75, 3.05) is 11.9 Å². The number of esters is 1. The maximum absolute atomic E-state index is 12.4. The van der Waals surface area contributed by atoms with Crippen LogP contribution in [0, 0.1) is 0 Å². The lowest BCUT2D eigenvalue weighted by Gasteiger charge is -2.13. The monoisotopic (exact) mass is 380 g/mol. The highest BCUT2D eigenvalue weighted by molar-refractivity contribution is 6.02. The van der Waals surface area contributed by atoms with Gasteiger partial charge in [-0.25, -0.2) is 4.79 Å². The molecule has 6 nitrogen and oxygen atoms in total. The molecule has 0 spiro atoms. The number of anilines is 1. The average molecular weight is 380 g/mol. The molecule has 2 amide bonds. The summed E-state index contributed by atoms with van der Waals surface area (Å²) in [4.78, 5) is 36.6. The van der Waals surface area contributed by atoms with E-state index in [9.17, 15) is 14.4 Å². The summed E-state index contributed by atoms with van der Waals surface area (Å²) in [6.45, 7) is -0.332. The highest BCUT2D eigenvalue weighted by Crippen LogP contribution is 2.18. The van der Waals surface area contributed by atoms with Crippen molar-refractivity contribution >= 4 is 23.5 Å². The number of ether oxygens (including phenoxy) is 1. The summed E-state index contributed by atoms with van der Waals surface area (Å²) in [7, 11) is 0. The molecule has 0 saturated heterocycles. The third kappa shape index (κ3) is 5.67. The fraction of sp³-hybridized carbons (Fsp3) is 0.318. The molecule has 28 heavy (non-hydrogen) atoms. The standard InChI is InChI=1S/C22H24N2O4/c25-20(14-16-8-2-1-3-9-16)24-19-13-7-6-12-18(19)22(27)28-15-21(26)23-17-10-4-5-11-17/h1-3,6-9,12-13,17H,4-5,10-11,14-15H2,(H,23,26)(H,24,25). The average Bonchev–Trinajstić information content (AvgIpc) is 3.20. The molecule has 0 bridgehead atoms. The number of para-hydroxylation sites is 1. The van der Waals surface area contributed by atoms with E-state index in [-0.39, 0.29) is 36.4 Å². The predicted octanol–water partition coefficient (Wildman–Crippen LogP) is 3.08. The molecule has 0 radical (unpaired) electrons. The molecule has 0 aliphatic heterocycles. The molecule has 0 atom stereocenters. The third-order valence-electron chi connectivity index (χ3n) is 4.68. The highest BCUT2D eigenvalue weighted by Gasteiger charge is 2.19. The minimum atomic E-state index is -0.641. The smallest absolute Gasteiger partial charge is 0.340 e. The van der Waals surface area contributed by atoms with E-state index in [4.69, 9.17) is 4.74 Å². The molecule has 0 unspecified atom stereocenters. The van der Waals surface area contributed by atoms with Crippen LogP contribution in [0.4, 0.5) is 5.69 Å². The number of hydrogen-bond acceptors (Lipinski definition) is 4. The summed E-state index contributed by atoms with van der Waals surface area (Å²) in [6.07, 6.45) is 4.36. The van der Waals surface area contributed by atoms with Gasteiger partial charge >= 0.3 is 5.97 Å². The van der Waals surface area contributed by atoms with Gasteiger partial charge in [-0.05, 0) is 30.5 Å². The van der Waals surface area contributed by atoms with Crippen molar-refractivity contribution in [3.63, 3.8) is 0 Å². The van der Waals surface area contributed by atoms with Gasteiger partial charge in [-0.1, -0.05) is 55.3 Å². The Balaban J connectivity index is 1.55. The van der Waals surface area contributed by atoms with Crippen LogP contribution in [-0.2, 0) is 20.7 Å². The lowest BCUT2D eigenvalue weighted by molar-refractivity contribution is -0.125. The quantitative estimate of drug-likeness (QED) is 0.723. The molecular weight excluding hydrogens is 356 g/mol. The minimum absolute atomic E-state index is 0.177. The first-order valence-corrected chi connectivity index (χ1v) is 9.51. The van der Waals surface area contributed by atoms with Gasteiger partial charge in [-0.3, -0.25) is 9.59 Å². The van der Waals surface area contributed by atoms with E-state index in [1.807, 2.05) is 30.3 Å². The van der Waals surface area contributed by atoms with Crippen LogP contribution >= 0.6 is 0 Å². The largest absolute Gasteiger partial charge is 0.452 e. The Hall–Kier alpha value is -3.15. The van der Waals surface area contributed by atoms with Crippen LogP contribution in [0.5, 0.6) is 0 Å². The number of nitrogens with one attached hydrogen (secondary N) is 2. The maximum Gasteiger partial charge on any atom is 0.340 e. The lowest BCUT2D eigenvalue weighted by Crippen LogP contribution is -2.36. The first-order chi connectivity index (χ1) is 13.6. The second-order valence-electron chi connectivity index (χ2n) is 6.88. The molecule has 2 aromatic rings. The van der Waals surface area contributed by atoms with E-state index in [1.54, 1.807) is 24.3 Å². The molecule has 0 aromatic heterocycles. The van der Waals surface area contributed by atoms with E-state index in [0.717, 1.165) is 31.2 Å². The van der Waals surface area contributed by atoms with Gasteiger partial charge in [0.05, 0.1) is 17.7 Å². The first kappa shape index (κ1) is 19.6. The Bertz CT molecular complexity index is 829. The van der Waals surface area contributed by atoms with Gasteiger partial charge in [0.25, 0.3) is 5.91 Å². The molecule has 6 heteroatoms. The Kier molecular flexibility index (Phi) is 6.78. The third-order valence-corrected chi connectivity index (χ3v) is 4.68. The van der Waals surface area contributed by atoms with Crippen molar-refractivity contribution in [3.05, 3.63) is 65.7 Å². The van der Waals surface area contributed by atoms with Crippen LogP contribution in [0.1, 0.15) is 41.6 Å². The zero-order chi connectivity index (χ0) is 19.8. The SMILES string of the molecule is O=C(Cc1ccccc1)Nc1ccccc1C(=O)OCC(=O)NC1CCCC1. The van der Waals surface area contributed by atoms with Crippen LogP contribution in [0.3, 0.4) is 0 Å². The van der Waals surface area contributed by atoms with Crippen molar-refractivity contribution < 1.29 is 19.1 Å². The van der Waals surface area contributed by atoms with Gasteiger partial charge in [-0.2, -0.15) is 0 Å². The van der Waals surface area contributed by atoms with Crippen molar-refractivity contribution in [2.24, 2.45) is 0 Å². The summed E-state index contributed by atoms with van der Waals surface area (Å²) in [5, 5.41) is 5.62. The van der Waals surface area contributed by atoms with Gasteiger partial charge in [-0.15, -0.1) is 0 Å². The van der Waals surface area contributed by atoms with Crippen molar-refractivity contribution in [3.8, 4) is 0 Å². The van der Waals surface area contributed by atoms with Gasteiger partial charge in [0, 0.05) is 6.04 Å². The first-order valence-electron chi connectivity index (χ1n) is 9.51. The van der Waals surface area contributed by atoms with Gasteiger partial charge in [0.15, 0.2) is 6.61 Å². The minimum Gasteiger partial charge on any atom is -0.452 e. The number of carbonyl (C=O) groups is 3. The van der Waals surface area contributed by atoms with Crippen molar-refractivity contribution in [1.82, 2.24) is 5.32 Å². The van der Waals surface area contributed by atoms with Gasteiger partial charge in [0.1, 0.15) is 0 Å². The van der Waals surface area contributed by atoms with E-state index in [2.05, 4.69) is 10.6 Å². The number of carbonyl (C=O) groups excluding carboxylic acids is 3. The Labute approximate surface area is 164 Å². The summed E-state index contributed by atoms with van der Waals surface area (Å²) in [6, 6.07) is 16.1.